The molecule has 1 aliphatic heterocycles. The van der Waals surface area contributed by atoms with Crippen LogP contribution in [-0.2, 0) is 19.4 Å². The van der Waals surface area contributed by atoms with Gasteiger partial charge in [-0.25, -0.2) is 8.78 Å². The third-order valence-electron chi connectivity index (χ3n) is 4.07. The summed E-state index contributed by atoms with van der Waals surface area (Å²) in [6.07, 6.45) is 4.82. The number of carbonyl (C=O) groups is 1. The normalized spacial score (nSPS) is 14.1. The second-order valence-corrected chi connectivity index (χ2v) is 6.15. The molecule has 1 amide bonds. The number of hydrogen-bond donors (Lipinski definition) is 1. The van der Waals surface area contributed by atoms with Crippen molar-refractivity contribution in [1.29, 1.82) is 0 Å². The highest BCUT2D eigenvalue weighted by atomic mass is 35.5. The van der Waals surface area contributed by atoms with Crippen LogP contribution < -0.4 is 5.32 Å². The van der Waals surface area contributed by atoms with Crippen LogP contribution in [0, 0.1) is 11.6 Å². The molecule has 0 unspecified atom stereocenters. The Balaban J connectivity index is 1.62. The van der Waals surface area contributed by atoms with Crippen molar-refractivity contribution in [3.8, 4) is 0 Å². The number of nitrogens with one attached hydrogen (secondary N) is 1. The number of nitrogens with zero attached hydrogens (tertiary/aromatic N) is 3. The van der Waals surface area contributed by atoms with Crippen molar-refractivity contribution in [2.24, 2.45) is 0 Å². The molecule has 5 nitrogen and oxygen atoms in total. The molecule has 1 N–H and O–H groups in total. The summed E-state index contributed by atoms with van der Waals surface area (Å²) in [7, 11) is 0. The van der Waals surface area contributed by atoms with Crippen molar-refractivity contribution in [3.63, 3.8) is 0 Å². The maximum atomic E-state index is 13.3. The lowest BCUT2D eigenvalue weighted by atomic mass is 10.2. The zero-order chi connectivity index (χ0) is 17.1. The summed E-state index contributed by atoms with van der Waals surface area (Å²) in [4.78, 5) is 12.1. The third kappa shape index (κ3) is 3.56. The van der Waals surface area contributed by atoms with Gasteiger partial charge in [0, 0.05) is 25.9 Å². The van der Waals surface area contributed by atoms with Gasteiger partial charge >= 0.3 is 0 Å². The zero-order valence-corrected chi connectivity index (χ0v) is 13.7. The molecule has 24 heavy (non-hydrogen) atoms. The highest BCUT2D eigenvalue weighted by Gasteiger charge is 2.17. The third-order valence-corrected chi connectivity index (χ3v) is 4.39. The first-order valence-electron chi connectivity index (χ1n) is 7.90. The molecule has 0 fully saturated rings. The van der Waals surface area contributed by atoms with Crippen molar-refractivity contribution >= 4 is 17.5 Å². The van der Waals surface area contributed by atoms with E-state index in [0.717, 1.165) is 49.6 Å². The molecule has 2 aromatic rings. The van der Waals surface area contributed by atoms with E-state index in [9.17, 15) is 13.6 Å². The number of rotatable bonds is 4. The summed E-state index contributed by atoms with van der Waals surface area (Å²) < 4.78 is 28.4. The number of carbonyl (C=O) groups excluding carboxylic acids is 1. The van der Waals surface area contributed by atoms with Crippen molar-refractivity contribution in [2.45, 2.75) is 38.6 Å². The second-order valence-electron chi connectivity index (χ2n) is 5.75. The molecular weight excluding hydrogens is 338 g/mol. The molecule has 2 heterocycles. The van der Waals surface area contributed by atoms with E-state index in [-0.39, 0.29) is 10.6 Å². The van der Waals surface area contributed by atoms with E-state index < -0.39 is 17.5 Å². The van der Waals surface area contributed by atoms with Gasteiger partial charge in [-0.1, -0.05) is 18.0 Å². The Kier molecular flexibility index (Phi) is 5.08. The quantitative estimate of drug-likeness (QED) is 0.859. The molecule has 0 atom stereocenters. The number of amides is 1. The van der Waals surface area contributed by atoms with Crippen LogP contribution in [0.1, 0.15) is 41.3 Å². The van der Waals surface area contributed by atoms with Crippen LogP contribution in [-0.4, -0.2) is 27.2 Å². The fourth-order valence-corrected chi connectivity index (χ4v) is 3.05. The predicted molar refractivity (Wildman–Crippen MR) is 85.0 cm³/mol. The Morgan fingerprint density at radius 2 is 2.00 bits per heavy atom. The lowest BCUT2D eigenvalue weighted by Crippen LogP contribution is -2.27. The number of hydrogen-bond acceptors (Lipinski definition) is 3. The van der Waals surface area contributed by atoms with Crippen molar-refractivity contribution in [1.82, 2.24) is 20.1 Å². The highest BCUT2D eigenvalue weighted by molar-refractivity contribution is 6.33. The summed E-state index contributed by atoms with van der Waals surface area (Å²) >= 11 is 5.79. The lowest BCUT2D eigenvalue weighted by Gasteiger charge is -2.09. The molecule has 3 rings (SSSR count). The van der Waals surface area contributed by atoms with Gasteiger partial charge < -0.3 is 9.88 Å². The Hall–Kier alpha value is -2.02. The predicted octanol–water partition coefficient (Wildman–Crippen LogP) is 2.91. The monoisotopic (exact) mass is 354 g/mol. The molecule has 0 aliphatic carbocycles. The number of aryl methyl sites for hydroxylation is 1. The zero-order valence-electron chi connectivity index (χ0n) is 13.0. The minimum Gasteiger partial charge on any atom is -0.352 e. The Bertz CT molecular complexity index is 763. The molecule has 0 spiro atoms. The fourth-order valence-electron chi connectivity index (χ4n) is 2.81. The summed E-state index contributed by atoms with van der Waals surface area (Å²) in [6.45, 7) is 1.20. The molecule has 0 saturated heterocycles. The molecule has 8 heteroatoms. The van der Waals surface area contributed by atoms with E-state index in [1.165, 1.54) is 6.42 Å². The van der Waals surface area contributed by atoms with Gasteiger partial charge in [-0.3, -0.25) is 4.79 Å². The van der Waals surface area contributed by atoms with Gasteiger partial charge in [0.05, 0.1) is 10.6 Å². The van der Waals surface area contributed by atoms with Crippen molar-refractivity contribution in [3.05, 3.63) is 46.0 Å². The van der Waals surface area contributed by atoms with Gasteiger partial charge in [-0.05, 0) is 25.0 Å². The van der Waals surface area contributed by atoms with E-state index >= 15 is 0 Å². The maximum Gasteiger partial charge on any atom is 0.252 e. The topological polar surface area (TPSA) is 59.8 Å². The highest BCUT2D eigenvalue weighted by Crippen LogP contribution is 2.20. The standard InChI is InChI=1S/C16H17ClF2N4O/c17-11-9-13(19)12(18)8-10(11)16(24)20-6-5-15-22-21-14-4-2-1-3-7-23(14)15/h8-9H,1-7H2,(H,20,24). The Labute approximate surface area is 143 Å². The Morgan fingerprint density at radius 1 is 1.21 bits per heavy atom. The average molecular weight is 355 g/mol. The molecule has 1 aromatic heterocycles. The second kappa shape index (κ2) is 7.25. The number of benzene rings is 1. The molecule has 1 aliphatic rings. The van der Waals surface area contributed by atoms with Crippen molar-refractivity contribution in [2.75, 3.05) is 6.54 Å². The van der Waals surface area contributed by atoms with Crippen LogP contribution in [0.5, 0.6) is 0 Å². The van der Waals surface area contributed by atoms with Crippen LogP contribution in [0.4, 0.5) is 8.78 Å². The van der Waals surface area contributed by atoms with Gasteiger partial charge in [0.25, 0.3) is 5.91 Å². The molecule has 1 aromatic carbocycles. The van der Waals surface area contributed by atoms with Crippen LogP contribution in [0.2, 0.25) is 5.02 Å². The van der Waals surface area contributed by atoms with Crippen molar-refractivity contribution < 1.29 is 13.6 Å². The van der Waals surface area contributed by atoms with E-state index in [1.54, 1.807) is 0 Å². The minimum atomic E-state index is -1.10. The van der Waals surface area contributed by atoms with Crippen LogP contribution in [0.3, 0.4) is 0 Å². The van der Waals surface area contributed by atoms with E-state index in [1.807, 2.05) is 0 Å². The molecule has 0 saturated carbocycles. The number of fused-ring (bicyclic) bond motifs is 1. The first-order valence-corrected chi connectivity index (χ1v) is 8.28. The summed E-state index contributed by atoms with van der Waals surface area (Å²) in [5.74, 6) is -0.925. The molecule has 0 radical (unpaired) electrons. The van der Waals surface area contributed by atoms with E-state index in [4.69, 9.17) is 11.6 Å². The smallest absolute Gasteiger partial charge is 0.252 e. The summed E-state index contributed by atoms with van der Waals surface area (Å²) in [5, 5.41) is 10.9. The van der Waals surface area contributed by atoms with Gasteiger partial charge in [0.1, 0.15) is 11.6 Å². The first-order chi connectivity index (χ1) is 11.6. The van der Waals surface area contributed by atoms with Gasteiger partial charge in [0.2, 0.25) is 0 Å². The molecule has 128 valence electrons. The fraction of sp³-hybridized carbons (Fsp3) is 0.438. The van der Waals surface area contributed by atoms with Crippen LogP contribution in [0.25, 0.3) is 0 Å². The van der Waals surface area contributed by atoms with Gasteiger partial charge in [0.15, 0.2) is 11.6 Å². The van der Waals surface area contributed by atoms with E-state index in [2.05, 4.69) is 20.1 Å². The SMILES string of the molecule is O=C(NCCc1nnc2n1CCCCC2)c1cc(F)c(F)cc1Cl. The number of aromatic nitrogens is 3. The Morgan fingerprint density at radius 3 is 2.83 bits per heavy atom. The molecule has 0 bridgehead atoms. The first kappa shape index (κ1) is 16.8. The summed E-state index contributed by atoms with van der Waals surface area (Å²) in [6, 6.07) is 1.60. The van der Waals surface area contributed by atoms with Gasteiger partial charge in [-0.15, -0.1) is 10.2 Å². The lowest BCUT2D eigenvalue weighted by molar-refractivity contribution is 0.0953. The largest absolute Gasteiger partial charge is 0.352 e. The summed E-state index contributed by atoms with van der Waals surface area (Å²) in [5.41, 5.74) is -0.0874. The van der Waals surface area contributed by atoms with Gasteiger partial charge in [-0.2, -0.15) is 0 Å². The van der Waals surface area contributed by atoms with Crippen LogP contribution in [0.15, 0.2) is 12.1 Å². The average Bonchev–Trinajstić information content (AvgIpc) is 2.78. The van der Waals surface area contributed by atoms with Crippen LogP contribution >= 0.6 is 11.6 Å². The van der Waals surface area contributed by atoms with E-state index in [0.29, 0.717) is 13.0 Å². The maximum absolute atomic E-state index is 13.3. The molecular formula is C16H17ClF2N4O. The minimum absolute atomic E-state index is 0.0874. The number of halogens is 3.